The van der Waals surface area contributed by atoms with E-state index < -0.39 is 0 Å². The fourth-order valence-corrected chi connectivity index (χ4v) is 2.90. The van der Waals surface area contributed by atoms with Crippen LogP contribution in [0.1, 0.15) is 24.0 Å². The molecule has 0 saturated heterocycles. The molecule has 0 aliphatic carbocycles. The highest BCUT2D eigenvalue weighted by atomic mass is 32.1. The summed E-state index contributed by atoms with van der Waals surface area (Å²) in [4.78, 5) is 4.27. The summed E-state index contributed by atoms with van der Waals surface area (Å²) in [5.41, 5.74) is 2.72. The largest absolute Gasteiger partial charge is 0.356 e. The Morgan fingerprint density at radius 3 is 2.67 bits per heavy atom. The van der Waals surface area contributed by atoms with E-state index in [1.165, 1.54) is 11.1 Å². The van der Waals surface area contributed by atoms with Crippen LogP contribution in [0.2, 0.25) is 0 Å². The molecule has 0 amide bonds. The number of aliphatic imine (C=N–C) groups is 1. The second-order valence-corrected chi connectivity index (χ2v) is 5.85. The van der Waals surface area contributed by atoms with Crippen LogP contribution in [0, 0.1) is 0 Å². The van der Waals surface area contributed by atoms with Gasteiger partial charge in [-0.25, -0.2) is 0 Å². The predicted molar refractivity (Wildman–Crippen MR) is 92.2 cm³/mol. The predicted octanol–water partition coefficient (Wildman–Crippen LogP) is 3.26. The van der Waals surface area contributed by atoms with E-state index in [1.807, 2.05) is 13.1 Å². The third-order valence-corrected chi connectivity index (χ3v) is 4.16. The Morgan fingerprint density at radius 1 is 1.19 bits per heavy atom. The lowest BCUT2D eigenvalue weighted by molar-refractivity contribution is 0.700. The summed E-state index contributed by atoms with van der Waals surface area (Å²) < 4.78 is 0. The van der Waals surface area contributed by atoms with Crippen LogP contribution in [-0.2, 0) is 6.42 Å². The lowest BCUT2D eigenvalue weighted by atomic mass is 10.1. The van der Waals surface area contributed by atoms with Gasteiger partial charge in [-0.05, 0) is 40.3 Å². The number of hydrogen-bond acceptors (Lipinski definition) is 2. The Morgan fingerprint density at radius 2 is 2.00 bits per heavy atom. The van der Waals surface area contributed by atoms with Gasteiger partial charge in [0.05, 0.1) is 0 Å². The van der Waals surface area contributed by atoms with Crippen molar-refractivity contribution in [3.63, 3.8) is 0 Å². The molecule has 2 N–H and O–H groups in total. The maximum absolute atomic E-state index is 4.27. The van der Waals surface area contributed by atoms with Gasteiger partial charge in [0.25, 0.3) is 0 Å². The van der Waals surface area contributed by atoms with E-state index in [9.17, 15) is 0 Å². The van der Waals surface area contributed by atoms with Crippen molar-refractivity contribution in [3.05, 3.63) is 58.3 Å². The standard InChI is InChI=1S/C17H23N3S/c1-14(16-9-11-21-13-16)12-20-17(18-2)19-10-8-15-6-4-3-5-7-15/h3-7,9,11,13-14H,8,10,12H2,1-2H3,(H2,18,19,20). The third kappa shape index (κ3) is 5.23. The maximum atomic E-state index is 4.27. The fraction of sp³-hybridized carbons (Fsp3) is 0.353. The molecule has 1 atom stereocenters. The monoisotopic (exact) mass is 301 g/mol. The van der Waals surface area contributed by atoms with Crippen molar-refractivity contribution in [1.29, 1.82) is 0 Å². The van der Waals surface area contributed by atoms with Crippen molar-refractivity contribution in [2.24, 2.45) is 4.99 Å². The molecule has 1 aromatic heterocycles. The van der Waals surface area contributed by atoms with E-state index >= 15 is 0 Å². The van der Waals surface area contributed by atoms with E-state index in [0.29, 0.717) is 5.92 Å². The average molecular weight is 301 g/mol. The van der Waals surface area contributed by atoms with E-state index in [1.54, 1.807) is 11.3 Å². The van der Waals surface area contributed by atoms with Gasteiger partial charge in [0.2, 0.25) is 0 Å². The minimum atomic E-state index is 0.490. The van der Waals surface area contributed by atoms with Gasteiger partial charge < -0.3 is 10.6 Å². The molecule has 4 heteroatoms. The van der Waals surface area contributed by atoms with E-state index in [0.717, 1.165) is 25.5 Å². The molecule has 0 bridgehead atoms. The molecule has 21 heavy (non-hydrogen) atoms. The van der Waals surface area contributed by atoms with Crippen molar-refractivity contribution in [1.82, 2.24) is 10.6 Å². The van der Waals surface area contributed by atoms with E-state index in [-0.39, 0.29) is 0 Å². The van der Waals surface area contributed by atoms with Gasteiger partial charge in [0.1, 0.15) is 0 Å². The third-order valence-electron chi connectivity index (χ3n) is 3.46. The first-order valence-electron chi connectivity index (χ1n) is 7.30. The SMILES string of the molecule is CN=C(NCCc1ccccc1)NCC(C)c1ccsc1. The molecule has 1 unspecified atom stereocenters. The second kappa shape index (κ2) is 8.47. The molecule has 1 heterocycles. The molecule has 2 aromatic rings. The Hall–Kier alpha value is -1.81. The van der Waals surface area contributed by atoms with Gasteiger partial charge in [-0.15, -0.1) is 0 Å². The topological polar surface area (TPSA) is 36.4 Å². The van der Waals surface area contributed by atoms with Crippen molar-refractivity contribution in [3.8, 4) is 0 Å². The minimum absolute atomic E-state index is 0.490. The van der Waals surface area contributed by atoms with Gasteiger partial charge >= 0.3 is 0 Å². The number of hydrogen-bond donors (Lipinski definition) is 2. The summed E-state index contributed by atoms with van der Waals surface area (Å²) in [6.07, 6.45) is 1.00. The molecular formula is C17H23N3S. The molecule has 0 fully saturated rings. The number of thiophene rings is 1. The van der Waals surface area contributed by atoms with Crippen LogP contribution in [0.25, 0.3) is 0 Å². The van der Waals surface area contributed by atoms with Crippen LogP contribution in [0.15, 0.2) is 52.2 Å². The van der Waals surface area contributed by atoms with Crippen LogP contribution in [0.4, 0.5) is 0 Å². The summed E-state index contributed by atoms with van der Waals surface area (Å²) in [5, 5.41) is 11.1. The van der Waals surface area contributed by atoms with Crippen molar-refractivity contribution in [2.75, 3.05) is 20.1 Å². The Labute approximate surface area is 131 Å². The van der Waals surface area contributed by atoms with Crippen molar-refractivity contribution < 1.29 is 0 Å². The summed E-state index contributed by atoms with van der Waals surface area (Å²) in [7, 11) is 1.81. The molecule has 3 nitrogen and oxygen atoms in total. The summed E-state index contributed by atoms with van der Waals surface area (Å²) in [6, 6.07) is 12.7. The quantitative estimate of drug-likeness (QED) is 0.635. The summed E-state index contributed by atoms with van der Waals surface area (Å²) >= 11 is 1.75. The van der Waals surface area contributed by atoms with Gasteiger partial charge in [-0.3, -0.25) is 4.99 Å². The molecule has 0 aliphatic rings. The van der Waals surface area contributed by atoms with Gasteiger partial charge in [0.15, 0.2) is 5.96 Å². The fourth-order valence-electron chi connectivity index (χ4n) is 2.11. The zero-order chi connectivity index (χ0) is 14.9. The van der Waals surface area contributed by atoms with E-state index in [4.69, 9.17) is 0 Å². The summed E-state index contributed by atoms with van der Waals surface area (Å²) in [6.45, 7) is 4.00. The lowest BCUT2D eigenvalue weighted by Crippen LogP contribution is -2.39. The number of rotatable bonds is 6. The molecule has 0 saturated carbocycles. The van der Waals surface area contributed by atoms with Crippen molar-refractivity contribution >= 4 is 17.3 Å². The average Bonchev–Trinajstić information content (AvgIpc) is 3.06. The highest BCUT2D eigenvalue weighted by Gasteiger charge is 2.06. The van der Waals surface area contributed by atoms with E-state index in [2.05, 4.69) is 63.6 Å². The van der Waals surface area contributed by atoms with Crippen LogP contribution in [0.5, 0.6) is 0 Å². The first-order valence-corrected chi connectivity index (χ1v) is 8.24. The zero-order valence-electron chi connectivity index (χ0n) is 12.7. The first-order chi connectivity index (χ1) is 10.3. The molecule has 0 spiro atoms. The number of guanidine groups is 1. The Bertz CT molecular complexity index is 534. The van der Waals surface area contributed by atoms with Crippen LogP contribution in [-0.4, -0.2) is 26.1 Å². The number of nitrogens with zero attached hydrogens (tertiary/aromatic N) is 1. The molecule has 112 valence electrons. The summed E-state index contributed by atoms with van der Waals surface area (Å²) in [5.74, 6) is 1.36. The molecule has 0 radical (unpaired) electrons. The first kappa shape index (κ1) is 15.6. The highest BCUT2D eigenvalue weighted by Crippen LogP contribution is 2.16. The normalized spacial score (nSPS) is 13.0. The molecule has 1 aromatic carbocycles. The molecule has 0 aliphatic heterocycles. The van der Waals surface area contributed by atoms with Crippen LogP contribution in [0.3, 0.4) is 0 Å². The zero-order valence-corrected chi connectivity index (χ0v) is 13.5. The second-order valence-electron chi connectivity index (χ2n) is 5.07. The Balaban J connectivity index is 1.71. The molecule has 2 rings (SSSR count). The Kier molecular flexibility index (Phi) is 6.28. The smallest absolute Gasteiger partial charge is 0.191 e. The van der Waals surface area contributed by atoms with Gasteiger partial charge in [0, 0.05) is 20.1 Å². The molecular weight excluding hydrogens is 278 g/mol. The number of benzene rings is 1. The van der Waals surface area contributed by atoms with Crippen molar-refractivity contribution in [2.45, 2.75) is 19.3 Å². The number of nitrogens with one attached hydrogen (secondary N) is 2. The van der Waals surface area contributed by atoms with Gasteiger partial charge in [-0.1, -0.05) is 37.3 Å². The van der Waals surface area contributed by atoms with Crippen LogP contribution >= 0.6 is 11.3 Å². The minimum Gasteiger partial charge on any atom is -0.356 e. The van der Waals surface area contributed by atoms with Crippen LogP contribution < -0.4 is 10.6 Å². The lowest BCUT2D eigenvalue weighted by Gasteiger charge is -2.15. The maximum Gasteiger partial charge on any atom is 0.191 e. The van der Waals surface area contributed by atoms with Gasteiger partial charge in [-0.2, -0.15) is 11.3 Å². The highest BCUT2D eigenvalue weighted by molar-refractivity contribution is 7.07.